The largest absolute Gasteiger partial charge is 0.382 e. The third kappa shape index (κ3) is 4.09. The minimum Gasteiger partial charge on any atom is -0.382 e. The number of hydrogen-bond acceptors (Lipinski definition) is 6. The second kappa shape index (κ2) is 7.93. The van der Waals surface area contributed by atoms with E-state index in [4.69, 9.17) is 5.73 Å². The Hall–Kier alpha value is -3.30. The highest BCUT2D eigenvalue weighted by molar-refractivity contribution is 5.88. The van der Waals surface area contributed by atoms with Crippen molar-refractivity contribution in [2.24, 2.45) is 5.41 Å². The zero-order chi connectivity index (χ0) is 23.3. The maximum Gasteiger partial charge on any atom is 0.256 e. The minimum atomic E-state index is -2.49. The third-order valence-corrected chi connectivity index (χ3v) is 6.59. The number of aryl methyl sites for hydroxylation is 1. The number of anilines is 2. The SMILES string of the molecule is Cc1nc2ccc(-c3ccn4nc(NC5CCC(C)(C)CC5)nc(N)c34)nc2n1CC(F)F. The molecule has 4 aromatic rings. The van der Waals surface area contributed by atoms with E-state index in [2.05, 4.69) is 39.2 Å². The van der Waals surface area contributed by atoms with Gasteiger partial charge >= 0.3 is 0 Å². The molecule has 0 spiro atoms. The molecule has 8 nitrogen and oxygen atoms in total. The Labute approximate surface area is 190 Å². The van der Waals surface area contributed by atoms with Gasteiger partial charge in [-0.1, -0.05) is 13.8 Å². The number of hydrogen-bond donors (Lipinski definition) is 2. The van der Waals surface area contributed by atoms with Gasteiger partial charge in [0.05, 0.1) is 12.2 Å². The Morgan fingerprint density at radius 1 is 1.15 bits per heavy atom. The lowest BCUT2D eigenvalue weighted by atomic mass is 9.76. The smallest absolute Gasteiger partial charge is 0.256 e. The van der Waals surface area contributed by atoms with E-state index in [-0.39, 0.29) is 0 Å². The van der Waals surface area contributed by atoms with Crippen molar-refractivity contribution in [1.29, 1.82) is 0 Å². The molecular formula is C23H28F2N8. The van der Waals surface area contributed by atoms with Crippen LogP contribution in [-0.4, -0.2) is 41.6 Å². The van der Waals surface area contributed by atoms with Crippen LogP contribution in [0.15, 0.2) is 24.4 Å². The fourth-order valence-electron chi connectivity index (χ4n) is 4.67. The Balaban J connectivity index is 1.48. The lowest BCUT2D eigenvalue weighted by Crippen LogP contribution is -2.30. The molecule has 174 valence electrons. The number of alkyl halides is 2. The second-order valence-corrected chi connectivity index (χ2v) is 9.63. The van der Waals surface area contributed by atoms with Gasteiger partial charge in [0, 0.05) is 17.8 Å². The molecule has 33 heavy (non-hydrogen) atoms. The summed E-state index contributed by atoms with van der Waals surface area (Å²) in [5, 5.41) is 8.04. The second-order valence-electron chi connectivity index (χ2n) is 9.63. The van der Waals surface area contributed by atoms with Crippen molar-refractivity contribution in [3.8, 4) is 11.3 Å². The Morgan fingerprint density at radius 3 is 2.64 bits per heavy atom. The number of imidazole rings is 1. The quantitative estimate of drug-likeness (QED) is 0.454. The summed E-state index contributed by atoms with van der Waals surface area (Å²) in [6.07, 6.45) is 3.78. The van der Waals surface area contributed by atoms with Crippen molar-refractivity contribution in [3.63, 3.8) is 0 Å². The third-order valence-electron chi connectivity index (χ3n) is 6.59. The number of halogens is 2. The van der Waals surface area contributed by atoms with Crippen LogP contribution in [-0.2, 0) is 6.54 Å². The molecule has 0 unspecified atom stereocenters. The highest BCUT2D eigenvalue weighted by Gasteiger charge is 2.27. The van der Waals surface area contributed by atoms with Crippen LogP contribution in [0, 0.1) is 12.3 Å². The summed E-state index contributed by atoms with van der Waals surface area (Å²) in [5.41, 5.74) is 9.70. The van der Waals surface area contributed by atoms with E-state index >= 15 is 0 Å². The Kier molecular flexibility index (Phi) is 5.18. The number of pyridine rings is 1. The van der Waals surface area contributed by atoms with Crippen LogP contribution in [0.5, 0.6) is 0 Å². The van der Waals surface area contributed by atoms with Gasteiger partial charge in [0.25, 0.3) is 6.43 Å². The molecule has 0 atom stereocenters. The molecule has 10 heteroatoms. The topological polar surface area (TPSA) is 98.9 Å². The van der Waals surface area contributed by atoms with E-state index in [1.54, 1.807) is 17.5 Å². The minimum absolute atomic E-state index is 0.326. The van der Waals surface area contributed by atoms with Gasteiger partial charge < -0.3 is 15.6 Å². The van der Waals surface area contributed by atoms with Crippen LogP contribution < -0.4 is 11.1 Å². The van der Waals surface area contributed by atoms with Crippen LogP contribution in [0.4, 0.5) is 20.5 Å². The van der Waals surface area contributed by atoms with Crippen LogP contribution in [0.1, 0.15) is 45.4 Å². The molecular weight excluding hydrogens is 426 g/mol. The molecule has 1 aliphatic rings. The molecule has 4 aromatic heterocycles. The van der Waals surface area contributed by atoms with Gasteiger partial charge in [0.15, 0.2) is 11.5 Å². The van der Waals surface area contributed by atoms with Gasteiger partial charge in [-0.2, -0.15) is 4.98 Å². The van der Waals surface area contributed by atoms with E-state index in [9.17, 15) is 8.78 Å². The van der Waals surface area contributed by atoms with E-state index in [1.165, 1.54) is 4.57 Å². The van der Waals surface area contributed by atoms with Crippen molar-refractivity contribution in [2.45, 2.75) is 65.5 Å². The number of nitrogens with one attached hydrogen (secondary N) is 1. The van der Waals surface area contributed by atoms with Crippen molar-refractivity contribution in [3.05, 3.63) is 30.2 Å². The van der Waals surface area contributed by atoms with Gasteiger partial charge in [0.2, 0.25) is 5.95 Å². The number of aromatic nitrogens is 6. The van der Waals surface area contributed by atoms with Gasteiger partial charge in [0.1, 0.15) is 16.9 Å². The van der Waals surface area contributed by atoms with Crippen molar-refractivity contribution in [2.75, 3.05) is 11.1 Å². The Bertz CT molecular complexity index is 1310. The first kappa shape index (κ1) is 21.5. The molecule has 0 amide bonds. The van der Waals surface area contributed by atoms with Crippen LogP contribution in [0.25, 0.3) is 27.9 Å². The molecule has 0 aliphatic heterocycles. The van der Waals surface area contributed by atoms with E-state index in [0.717, 1.165) is 31.2 Å². The first-order valence-electron chi connectivity index (χ1n) is 11.2. The average Bonchev–Trinajstić information content (AvgIpc) is 3.30. The highest BCUT2D eigenvalue weighted by Crippen LogP contribution is 2.36. The zero-order valence-electron chi connectivity index (χ0n) is 19.0. The van der Waals surface area contributed by atoms with E-state index in [1.807, 2.05) is 18.3 Å². The predicted molar refractivity (Wildman–Crippen MR) is 124 cm³/mol. The lowest BCUT2D eigenvalue weighted by Gasteiger charge is -2.34. The molecule has 0 saturated heterocycles. The molecule has 5 rings (SSSR count). The van der Waals surface area contributed by atoms with Gasteiger partial charge in [-0.05, 0) is 56.2 Å². The first-order valence-corrected chi connectivity index (χ1v) is 11.2. The predicted octanol–water partition coefficient (Wildman–Crippen LogP) is 4.68. The summed E-state index contributed by atoms with van der Waals surface area (Å²) < 4.78 is 29.3. The van der Waals surface area contributed by atoms with E-state index < -0.39 is 13.0 Å². The van der Waals surface area contributed by atoms with Crippen molar-refractivity contribution in [1.82, 2.24) is 29.1 Å². The van der Waals surface area contributed by atoms with E-state index in [0.29, 0.717) is 51.4 Å². The maximum absolute atomic E-state index is 13.1. The van der Waals surface area contributed by atoms with Gasteiger partial charge in [-0.15, -0.1) is 5.10 Å². The fourth-order valence-corrected chi connectivity index (χ4v) is 4.67. The Morgan fingerprint density at radius 2 is 1.91 bits per heavy atom. The monoisotopic (exact) mass is 454 g/mol. The average molecular weight is 455 g/mol. The molecule has 1 aliphatic carbocycles. The zero-order valence-corrected chi connectivity index (χ0v) is 19.0. The number of rotatable bonds is 5. The molecule has 0 bridgehead atoms. The number of nitrogens with zero attached hydrogens (tertiary/aromatic N) is 6. The van der Waals surface area contributed by atoms with Crippen molar-refractivity contribution < 1.29 is 8.78 Å². The highest BCUT2D eigenvalue weighted by atomic mass is 19.3. The first-order chi connectivity index (χ1) is 15.7. The van der Waals surface area contributed by atoms with Crippen LogP contribution in [0.2, 0.25) is 0 Å². The maximum atomic E-state index is 13.1. The summed E-state index contributed by atoms with van der Waals surface area (Å²) in [5.74, 6) is 1.34. The van der Waals surface area contributed by atoms with Crippen LogP contribution >= 0.6 is 0 Å². The molecule has 0 radical (unpaired) electrons. The molecule has 4 heterocycles. The standard InChI is InChI=1S/C23H28F2N8/c1-13-27-17-5-4-16(29-21(17)32(13)12-18(24)25)15-8-11-33-19(15)20(26)30-22(31-33)28-14-6-9-23(2,3)10-7-14/h4-5,8,11,14,18H,6-7,9-10,12H2,1-3H3,(H3,26,28,30,31). The summed E-state index contributed by atoms with van der Waals surface area (Å²) in [6, 6.07) is 5.79. The van der Waals surface area contributed by atoms with Gasteiger partial charge in [-0.3, -0.25) is 0 Å². The normalized spacial score (nSPS) is 16.8. The number of nitrogen functional groups attached to an aromatic ring is 1. The summed E-state index contributed by atoms with van der Waals surface area (Å²) >= 11 is 0. The van der Waals surface area contributed by atoms with Crippen molar-refractivity contribution >= 4 is 28.4 Å². The summed E-state index contributed by atoms with van der Waals surface area (Å²) in [4.78, 5) is 13.5. The lowest BCUT2D eigenvalue weighted by molar-refractivity contribution is 0.127. The molecule has 0 aromatic carbocycles. The molecule has 1 saturated carbocycles. The van der Waals surface area contributed by atoms with Crippen LogP contribution in [0.3, 0.4) is 0 Å². The molecule has 3 N–H and O–H groups in total. The fraction of sp³-hybridized carbons (Fsp3) is 0.478. The summed E-state index contributed by atoms with van der Waals surface area (Å²) in [6.45, 7) is 5.86. The molecule has 1 fully saturated rings. The van der Waals surface area contributed by atoms with Gasteiger partial charge in [-0.25, -0.2) is 23.3 Å². The summed E-state index contributed by atoms with van der Waals surface area (Å²) in [7, 11) is 0. The number of nitrogens with two attached hydrogens (primary N) is 1. The number of fused-ring (bicyclic) bond motifs is 2.